The monoisotopic (exact) mass is 541 g/mol. The second kappa shape index (κ2) is 14.4. The molecule has 12 heteroatoms. The summed E-state index contributed by atoms with van der Waals surface area (Å²) >= 11 is 0. The number of carbonyl (C=O) groups excluding carboxylic acids is 5. The molecule has 210 valence electrons. The molecule has 0 saturated heterocycles. The molecule has 2 aromatic carbocycles. The van der Waals surface area contributed by atoms with Crippen LogP contribution in [0.1, 0.15) is 31.9 Å². The van der Waals surface area contributed by atoms with E-state index in [1.165, 1.54) is 12.1 Å². The molecule has 2 atom stereocenters. The van der Waals surface area contributed by atoms with Gasteiger partial charge in [-0.3, -0.25) is 19.2 Å². The standard InChI is InChI=1S/C27H35N5O7/c1-27(2,3)39-26(38)30-15-22(34)29-16-23(35)31-21(14-17-7-5-4-6-8-17)25(37)32-20(24(28)36)13-18-9-11-19(33)12-10-18/h4-12,20-21,33H,13-16H2,1-3H3,(H2,28,36)(H,29,34)(H,30,38)(H,31,35)(H,32,37)/t20-,21-/m0/s1. The van der Waals surface area contributed by atoms with Crippen molar-refractivity contribution < 1.29 is 33.8 Å². The van der Waals surface area contributed by atoms with Gasteiger partial charge in [0.25, 0.3) is 0 Å². The van der Waals surface area contributed by atoms with Crippen LogP contribution >= 0.6 is 0 Å². The smallest absolute Gasteiger partial charge is 0.408 e. The number of aromatic hydroxyl groups is 1. The molecule has 0 unspecified atom stereocenters. The third-order valence-corrected chi connectivity index (χ3v) is 5.21. The molecule has 2 aromatic rings. The van der Waals surface area contributed by atoms with Crippen molar-refractivity contribution in [2.24, 2.45) is 5.73 Å². The second-order valence-corrected chi connectivity index (χ2v) is 9.78. The van der Waals surface area contributed by atoms with Crippen LogP contribution in [0, 0.1) is 0 Å². The molecule has 39 heavy (non-hydrogen) atoms. The fourth-order valence-electron chi connectivity index (χ4n) is 3.38. The Bertz CT molecular complexity index is 1150. The summed E-state index contributed by atoms with van der Waals surface area (Å²) in [6.07, 6.45) is -0.594. The Kier molecular flexibility index (Phi) is 11.3. The van der Waals surface area contributed by atoms with Gasteiger partial charge in [0, 0.05) is 12.8 Å². The van der Waals surface area contributed by atoms with E-state index in [1.807, 2.05) is 0 Å². The van der Waals surface area contributed by atoms with Gasteiger partial charge in [-0.25, -0.2) is 4.79 Å². The molecule has 2 rings (SSSR count). The van der Waals surface area contributed by atoms with Gasteiger partial charge in [-0.2, -0.15) is 0 Å². The highest BCUT2D eigenvalue weighted by molar-refractivity contribution is 5.93. The zero-order valence-electron chi connectivity index (χ0n) is 22.2. The van der Waals surface area contributed by atoms with E-state index in [2.05, 4.69) is 21.3 Å². The molecule has 0 spiro atoms. The first kappa shape index (κ1) is 30.6. The fourth-order valence-corrected chi connectivity index (χ4v) is 3.38. The molecule has 0 aliphatic carbocycles. The maximum atomic E-state index is 13.1. The van der Waals surface area contributed by atoms with Gasteiger partial charge < -0.3 is 36.8 Å². The predicted octanol–water partition coefficient (Wildman–Crippen LogP) is 0.273. The first-order chi connectivity index (χ1) is 18.3. The summed E-state index contributed by atoms with van der Waals surface area (Å²) < 4.78 is 5.04. The van der Waals surface area contributed by atoms with E-state index in [1.54, 1.807) is 63.2 Å². The van der Waals surface area contributed by atoms with Crippen molar-refractivity contribution in [3.05, 3.63) is 65.7 Å². The van der Waals surface area contributed by atoms with Crippen molar-refractivity contribution in [3.8, 4) is 5.75 Å². The number of nitrogens with two attached hydrogens (primary N) is 1. The van der Waals surface area contributed by atoms with Crippen LogP contribution in [0.4, 0.5) is 4.79 Å². The average Bonchev–Trinajstić information content (AvgIpc) is 2.86. The SMILES string of the molecule is CC(C)(C)OC(=O)NCC(=O)NCC(=O)N[C@@H](Cc1ccccc1)C(=O)N[C@@H](Cc1ccc(O)cc1)C(N)=O. The van der Waals surface area contributed by atoms with Gasteiger partial charge in [0.05, 0.1) is 6.54 Å². The lowest BCUT2D eigenvalue weighted by Gasteiger charge is -2.22. The highest BCUT2D eigenvalue weighted by Crippen LogP contribution is 2.12. The van der Waals surface area contributed by atoms with Crippen LogP contribution in [0.25, 0.3) is 0 Å². The van der Waals surface area contributed by atoms with Crippen molar-refractivity contribution >= 4 is 29.7 Å². The van der Waals surface area contributed by atoms with Gasteiger partial charge in [0.15, 0.2) is 0 Å². The van der Waals surface area contributed by atoms with Gasteiger partial charge in [0.2, 0.25) is 23.6 Å². The Morgan fingerprint density at radius 1 is 0.795 bits per heavy atom. The Labute approximate surface area is 226 Å². The normalized spacial score (nSPS) is 12.4. The molecule has 0 bridgehead atoms. The number of carbonyl (C=O) groups is 5. The van der Waals surface area contributed by atoms with Crippen molar-refractivity contribution in [1.29, 1.82) is 0 Å². The molecule has 0 fully saturated rings. The highest BCUT2D eigenvalue weighted by atomic mass is 16.6. The summed E-state index contributed by atoms with van der Waals surface area (Å²) in [7, 11) is 0. The molecule has 0 saturated carbocycles. The number of primary amides is 1. The van der Waals surface area contributed by atoms with E-state index < -0.39 is 60.5 Å². The van der Waals surface area contributed by atoms with Crippen LogP contribution in [0.5, 0.6) is 5.75 Å². The number of rotatable bonds is 12. The van der Waals surface area contributed by atoms with E-state index in [0.29, 0.717) is 5.56 Å². The van der Waals surface area contributed by atoms with Crippen LogP contribution in [0.3, 0.4) is 0 Å². The van der Waals surface area contributed by atoms with Crippen LogP contribution in [0.2, 0.25) is 0 Å². The maximum Gasteiger partial charge on any atom is 0.408 e. The van der Waals surface area contributed by atoms with Crippen molar-refractivity contribution in [3.63, 3.8) is 0 Å². The molecular weight excluding hydrogens is 506 g/mol. The van der Waals surface area contributed by atoms with Crippen molar-refractivity contribution in [1.82, 2.24) is 21.3 Å². The largest absolute Gasteiger partial charge is 0.508 e. The quantitative estimate of drug-likeness (QED) is 0.222. The van der Waals surface area contributed by atoms with Gasteiger partial charge in [0.1, 0.15) is 30.0 Å². The Balaban J connectivity index is 2.00. The lowest BCUT2D eigenvalue weighted by Crippen LogP contribution is -2.55. The third-order valence-electron chi connectivity index (χ3n) is 5.21. The number of amides is 5. The van der Waals surface area contributed by atoms with E-state index in [4.69, 9.17) is 10.5 Å². The summed E-state index contributed by atoms with van der Waals surface area (Å²) in [6, 6.07) is 12.9. The van der Waals surface area contributed by atoms with E-state index >= 15 is 0 Å². The Morgan fingerprint density at radius 3 is 1.95 bits per heavy atom. The Morgan fingerprint density at radius 2 is 1.36 bits per heavy atom. The molecule has 7 N–H and O–H groups in total. The number of ether oxygens (including phenoxy) is 1. The number of benzene rings is 2. The number of hydrogen-bond acceptors (Lipinski definition) is 7. The zero-order chi connectivity index (χ0) is 29.0. The summed E-state index contributed by atoms with van der Waals surface area (Å²) in [4.78, 5) is 61.5. The van der Waals surface area contributed by atoms with Crippen LogP contribution in [-0.2, 0) is 36.8 Å². The second-order valence-electron chi connectivity index (χ2n) is 9.78. The van der Waals surface area contributed by atoms with Gasteiger partial charge in [-0.1, -0.05) is 42.5 Å². The summed E-state index contributed by atoms with van der Waals surface area (Å²) in [6.45, 7) is 4.17. The minimum Gasteiger partial charge on any atom is -0.508 e. The first-order valence-corrected chi connectivity index (χ1v) is 12.3. The van der Waals surface area contributed by atoms with E-state index in [9.17, 15) is 29.1 Å². The van der Waals surface area contributed by atoms with Gasteiger partial charge in [-0.05, 0) is 44.0 Å². The number of phenols is 1. The molecular formula is C27H35N5O7. The molecule has 12 nitrogen and oxygen atoms in total. The minimum atomic E-state index is -1.08. The fraction of sp³-hybridized carbons (Fsp3) is 0.370. The van der Waals surface area contributed by atoms with Crippen LogP contribution in [0.15, 0.2) is 54.6 Å². The number of hydrogen-bond donors (Lipinski definition) is 6. The third kappa shape index (κ3) is 12.0. The number of nitrogens with one attached hydrogen (secondary N) is 4. The lowest BCUT2D eigenvalue weighted by molar-refractivity contribution is -0.131. The number of alkyl carbamates (subject to hydrolysis) is 1. The summed E-state index contributed by atoms with van der Waals surface area (Å²) in [5.74, 6) is -2.66. The van der Waals surface area contributed by atoms with E-state index in [0.717, 1.165) is 5.56 Å². The summed E-state index contributed by atoms with van der Waals surface area (Å²) in [5.41, 5.74) is 6.18. The average molecular weight is 542 g/mol. The molecule has 0 heterocycles. The van der Waals surface area contributed by atoms with Crippen molar-refractivity contribution in [2.75, 3.05) is 13.1 Å². The van der Waals surface area contributed by atoms with Gasteiger partial charge in [-0.15, -0.1) is 0 Å². The molecule has 0 aromatic heterocycles. The zero-order valence-corrected chi connectivity index (χ0v) is 22.2. The number of phenolic OH excluding ortho intramolecular Hbond substituents is 1. The Hall–Kier alpha value is -4.61. The topological polar surface area (TPSA) is 189 Å². The van der Waals surface area contributed by atoms with Gasteiger partial charge >= 0.3 is 6.09 Å². The molecule has 0 aliphatic heterocycles. The van der Waals surface area contributed by atoms with Crippen LogP contribution < -0.4 is 27.0 Å². The maximum absolute atomic E-state index is 13.1. The molecule has 0 radical (unpaired) electrons. The van der Waals surface area contributed by atoms with Crippen molar-refractivity contribution in [2.45, 2.75) is 51.3 Å². The highest BCUT2D eigenvalue weighted by Gasteiger charge is 2.26. The minimum absolute atomic E-state index is 0.0526. The summed E-state index contributed by atoms with van der Waals surface area (Å²) in [5, 5.41) is 19.3. The molecule has 5 amide bonds. The van der Waals surface area contributed by atoms with E-state index in [-0.39, 0.29) is 18.6 Å². The molecule has 0 aliphatic rings. The first-order valence-electron chi connectivity index (χ1n) is 12.3. The predicted molar refractivity (Wildman–Crippen MR) is 142 cm³/mol. The lowest BCUT2D eigenvalue weighted by atomic mass is 10.0. The van der Waals surface area contributed by atoms with Crippen LogP contribution in [-0.4, -0.2) is 65.6 Å².